The van der Waals surface area contributed by atoms with Crippen LogP contribution in [-0.4, -0.2) is 23.6 Å². The van der Waals surface area contributed by atoms with Crippen LogP contribution in [0.25, 0.3) is 5.57 Å². The summed E-state index contributed by atoms with van der Waals surface area (Å²) in [6, 6.07) is 17.1. The third kappa shape index (κ3) is 2.56. The Morgan fingerprint density at radius 2 is 1.90 bits per heavy atom. The van der Waals surface area contributed by atoms with Crippen molar-refractivity contribution in [2.24, 2.45) is 5.92 Å². The van der Waals surface area contributed by atoms with E-state index in [1.807, 2.05) is 36.4 Å². The molecule has 5 rings (SSSR count). The maximum atomic E-state index is 14.1. The molecule has 1 spiro atoms. The molecule has 2 amide bonds. The van der Waals surface area contributed by atoms with Gasteiger partial charge in [0.2, 0.25) is 0 Å². The lowest BCUT2D eigenvalue weighted by Crippen LogP contribution is -2.57. The molecule has 0 radical (unpaired) electrons. The van der Waals surface area contributed by atoms with Gasteiger partial charge in [0.15, 0.2) is 0 Å². The minimum Gasteiger partial charge on any atom is -0.443 e. The number of hydrogen-bond donors (Lipinski definition) is 1. The molecule has 2 aromatic carbocycles. The molecule has 1 N–H and O–H groups in total. The van der Waals surface area contributed by atoms with E-state index in [-0.39, 0.29) is 0 Å². The largest absolute Gasteiger partial charge is 0.443 e. The van der Waals surface area contributed by atoms with Crippen LogP contribution in [0.2, 0.25) is 0 Å². The first-order valence-electron chi connectivity index (χ1n) is 10.4. The Morgan fingerprint density at radius 3 is 2.65 bits per heavy atom. The Morgan fingerprint density at radius 1 is 1.19 bits per heavy atom. The van der Waals surface area contributed by atoms with Gasteiger partial charge in [0.25, 0.3) is 5.91 Å². The highest BCUT2D eigenvalue weighted by molar-refractivity contribution is 6.23. The van der Waals surface area contributed by atoms with E-state index in [1.165, 1.54) is 0 Å². The quantitative estimate of drug-likeness (QED) is 0.681. The standard InChI is InChI=1S/C25H23N3O3/c1-24(2,3)31-23(30)28-20-11-7-5-9-18(20)25(22(28)29)15(14-26)12-13-17-16-8-4-6-10-19(16)27-21(17)25/h4-11,13,15,21,27H,12H2,1-3H3/t15-,21-,25+/m1/s1. The number of carbonyl (C=O) groups excluding carboxylic acids is 2. The van der Waals surface area contributed by atoms with Gasteiger partial charge in [-0.2, -0.15) is 5.26 Å². The number of amides is 2. The summed E-state index contributed by atoms with van der Waals surface area (Å²) < 4.78 is 5.57. The first-order valence-corrected chi connectivity index (χ1v) is 10.4. The molecular weight excluding hydrogens is 390 g/mol. The highest BCUT2D eigenvalue weighted by Crippen LogP contribution is 2.57. The number of nitrogens with one attached hydrogen (secondary N) is 1. The van der Waals surface area contributed by atoms with Crippen LogP contribution >= 0.6 is 0 Å². The Hall–Kier alpha value is -3.59. The normalized spacial score (nSPS) is 25.8. The molecule has 0 aromatic heterocycles. The van der Waals surface area contributed by atoms with Crippen molar-refractivity contribution < 1.29 is 14.3 Å². The van der Waals surface area contributed by atoms with Crippen molar-refractivity contribution >= 4 is 28.9 Å². The number of nitrogens with zero attached hydrogens (tertiary/aromatic N) is 2. The number of imide groups is 1. The Bertz CT molecular complexity index is 1190. The molecule has 0 saturated carbocycles. The number of carbonyl (C=O) groups is 2. The number of ether oxygens (including phenoxy) is 1. The summed E-state index contributed by atoms with van der Waals surface area (Å²) in [7, 11) is 0. The topological polar surface area (TPSA) is 82.4 Å². The van der Waals surface area contributed by atoms with Crippen LogP contribution in [0.1, 0.15) is 38.3 Å². The van der Waals surface area contributed by atoms with E-state index in [0.717, 1.165) is 21.7 Å². The number of para-hydroxylation sites is 2. The van der Waals surface area contributed by atoms with Gasteiger partial charge in [-0.05, 0) is 50.5 Å². The molecule has 3 atom stereocenters. The van der Waals surface area contributed by atoms with E-state index in [4.69, 9.17) is 4.74 Å². The molecule has 0 unspecified atom stereocenters. The monoisotopic (exact) mass is 413 g/mol. The summed E-state index contributed by atoms with van der Waals surface area (Å²) in [6.07, 6.45) is 1.76. The second-order valence-corrected chi connectivity index (χ2v) is 9.21. The van der Waals surface area contributed by atoms with Crippen molar-refractivity contribution in [1.82, 2.24) is 0 Å². The lowest BCUT2D eigenvalue weighted by molar-refractivity contribution is -0.124. The van der Waals surface area contributed by atoms with Gasteiger partial charge < -0.3 is 10.1 Å². The fourth-order valence-corrected chi connectivity index (χ4v) is 5.16. The van der Waals surface area contributed by atoms with Crippen molar-refractivity contribution in [3.8, 4) is 6.07 Å². The van der Waals surface area contributed by atoms with E-state index in [9.17, 15) is 14.9 Å². The third-order valence-electron chi connectivity index (χ3n) is 6.31. The molecule has 31 heavy (non-hydrogen) atoms. The van der Waals surface area contributed by atoms with Crippen molar-refractivity contribution in [1.29, 1.82) is 5.26 Å². The van der Waals surface area contributed by atoms with E-state index < -0.39 is 35.0 Å². The van der Waals surface area contributed by atoms with Crippen molar-refractivity contribution in [2.45, 2.75) is 44.2 Å². The van der Waals surface area contributed by atoms with E-state index in [0.29, 0.717) is 17.7 Å². The predicted molar refractivity (Wildman–Crippen MR) is 117 cm³/mol. The van der Waals surface area contributed by atoms with Crippen LogP contribution in [0, 0.1) is 17.2 Å². The van der Waals surface area contributed by atoms with Gasteiger partial charge in [0.1, 0.15) is 11.0 Å². The first kappa shape index (κ1) is 19.4. The van der Waals surface area contributed by atoms with E-state index >= 15 is 0 Å². The lowest BCUT2D eigenvalue weighted by Gasteiger charge is -2.41. The Balaban J connectivity index is 1.71. The van der Waals surface area contributed by atoms with Crippen LogP contribution in [0.4, 0.5) is 16.2 Å². The first-order chi connectivity index (χ1) is 14.8. The SMILES string of the molecule is CC(C)(C)OC(=O)N1C(=O)[C@@]2(c3ccccc31)[C@@H]1Nc3ccccc3C1=CC[C@@H]2C#N. The van der Waals surface area contributed by atoms with Crippen LogP contribution in [0.5, 0.6) is 0 Å². The lowest BCUT2D eigenvalue weighted by atomic mass is 9.60. The zero-order chi connectivity index (χ0) is 22.0. The summed E-state index contributed by atoms with van der Waals surface area (Å²) >= 11 is 0. The fraction of sp³-hybridized carbons (Fsp3) is 0.320. The smallest absolute Gasteiger partial charge is 0.421 e. The van der Waals surface area contributed by atoms with Gasteiger partial charge in [-0.15, -0.1) is 0 Å². The van der Waals surface area contributed by atoms with Crippen molar-refractivity contribution in [3.05, 3.63) is 65.7 Å². The van der Waals surface area contributed by atoms with Crippen LogP contribution in [0.3, 0.4) is 0 Å². The summed E-state index contributed by atoms with van der Waals surface area (Å²) in [4.78, 5) is 28.4. The van der Waals surface area contributed by atoms with Gasteiger partial charge in [0, 0.05) is 11.3 Å². The van der Waals surface area contributed by atoms with Crippen LogP contribution < -0.4 is 10.2 Å². The molecule has 6 heteroatoms. The van der Waals surface area contributed by atoms with Crippen LogP contribution in [-0.2, 0) is 14.9 Å². The minimum absolute atomic E-state index is 0.412. The summed E-state index contributed by atoms with van der Waals surface area (Å²) in [5.41, 5.74) is 2.16. The Labute approximate surface area is 181 Å². The van der Waals surface area contributed by atoms with Crippen molar-refractivity contribution in [3.63, 3.8) is 0 Å². The molecule has 2 aromatic rings. The fourth-order valence-electron chi connectivity index (χ4n) is 5.16. The highest BCUT2D eigenvalue weighted by atomic mass is 16.6. The van der Waals surface area contributed by atoms with Gasteiger partial charge in [0.05, 0.1) is 23.7 Å². The van der Waals surface area contributed by atoms with Gasteiger partial charge >= 0.3 is 6.09 Å². The van der Waals surface area contributed by atoms with Crippen molar-refractivity contribution in [2.75, 3.05) is 10.2 Å². The molecule has 2 heterocycles. The van der Waals surface area contributed by atoms with E-state index in [2.05, 4.69) is 17.5 Å². The average molecular weight is 413 g/mol. The summed E-state index contributed by atoms with van der Waals surface area (Å²) in [6.45, 7) is 5.30. The molecule has 0 saturated heterocycles. The Kier molecular flexibility index (Phi) is 4.03. The average Bonchev–Trinajstić information content (AvgIpc) is 3.22. The number of nitriles is 1. The highest BCUT2D eigenvalue weighted by Gasteiger charge is 2.65. The number of fused-ring (bicyclic) bond motifs is 6. The molecule has 156 valence electrons. The number of benzene rings is 2. The molecular formula is C25H23N3O3. The van der Waals surface area contributed by atoms with Gasteiger partial charge in [-0.3, -0.25) is 4.79 Å². The maximum absolute atomic E-state index is 14.1. The number of allylic oxidation sites excluding steroid dienone is 1. The van der Waals surface area contributed by atoms with Gasteiger partial charge in [-0.25, -0.2) is 9.69 Å². The zero-order valence-electron chi connectivity index (χ0n) is 17.7. The minimum atomic E-state index is -1.22. The molecule has 0 bridgehead atoms. The number of anilines is 2. The molecule has 6 nitrogen and oxygen atoms in total. The molecule has 2 aliphatic heterocycles. The third-order valence-corrected chi connectivity index (χ3v) is 6.31. The number of rotatable bonds is 0. The number of hydrogen-bond acceptors (Lipinski definition) is 5. The van der Waals surface area contributed by atoms with Gasteiger partial charge in [-0.1, -0.05) is 42.5 Å². The molecule has 3 aliphatic rings. The second-order valence-electron chi connectivity index (χ2n) is 9.21. The van der Waals surface area contributed by atoms with E-state index in [1.54, 1.807) is 32.9 Å². The maximum Gasteiger partial charge on any atom is 0.421 e. The van der Waals surface area contributed by atoms with Crippen LogP contribution in [0.15, 0.2) is 54.6 Å². The molecule has 0 fully saturated rings. The second kappa shape index (κ2) is 6.45. The predicted octanol–water partition coefficient (Wildman–Crippen LogP) is 4.63. The molecule has 1 aliphatic carbocycles. The summed E-state index contributed by atoms with van der Waals surface area (Å²) in [5.74, 6) is -1.03. The zero-order valence-corrected chi connectivity index (χ0v) is 17.7. The summed E-state index contributed by atoms with van der Waals surface area (Å²) in [5, 5.41) is 13.6.